The van der Waals surface area contributed by atoms with E-state index in [0.717, 1.165) is 16.9 Å². The highest BCUT2D eigenvalue weighted by Crippen LogP contribution is 2.31. The number of piperidine rings is 1. The van der Waals surface area contributed by atoms with E-state index >= 15 is 0 Å². The zero-order chi connectivity index (χ0) is 18.3. The fraction of sp³-hybridized carbons (Fsp3) is 0.278. The molecule has 0 bridgehead atoms. The first-order chi connectivity index (χ1) is 12.4. The number of H-pyrrole nitrogens is 1. The number of hydrogen-bond acceptors (Lipinski definition) is 3. The Hall–Kier alpha value is -1.96. The Morgan fingerprint density at radius 1 is 1.12 bits per heavy atom. The zero-order valence-corrected chi connectivity index (χ0v) is 15.4. The first-order valence-electron chi connectivity index (χ1n) is 8.34. The summed E-state index contributed by atoms with van der Waals surface area (Å²) in [4.78, 5) is 8.02. The van der Waals surface area contributed by atoms with Crippen molar-refractivity contribution in [2.24, 2.45) is 0 Å². The average molecular weight is 394 g/mol. The van der Waals surface area contributed by atoms with Crippen LogP contribution in [0, 0.1) is 5.82 Å². The summed E-state index contributed by atoms with van der Waals surface area (Å²) in [5.41, 5.74) is 1.74. The predicted molar refractivity (Wildman–Crippen MR) is 98.2 cm³/mol. The van der Waals surface area contributed by atoms with Crippen molar-refractivity contribution < 1.29 is 12.8 Å². The standard InChI is InChI=1S/C18H17ClFN3O2S/c19-13-1-6-16-17(11-13)22-18(21-16)12-7-9-23(10-8-12)26(24,25)15-4-2-14(20)3-5-15/h1-6,11-12H,7-10H2,(H,21,22). The van der Waals surface area contributed by atoms with Gasteiger partial charge in [-0.1, -0.05) is 11.6 Å². The Labute approximate surface area is 155 Å². The van der Waals surface area contributed by atoms with Gasteiger partial charge >= 0.3 is 0 Å². The molecule has 1 N–H and O–H groups in total. The predicted octanol–water partition coefficient (Wildman–Crippen LogP) is 3.92. The molecular weight excluding hydrogens is 377 g/mol. The molecule has 0 aliphatic carbocycles. The zero-order valence-electron chi connectivity index (χ0n) is 13.8. The molecule has 1 fully saturated rings. The lowest BCUT2D eigenvalue weighted by atomic mass is 9.97. The van der Waals surface area contributed by atoms with Crippen molar-refractivity contribution in [3.8, 4) is 0 Å². The van der Waals surface area contributed by atoms with Gasteiger partial charge in [0.05, 0.1) is 15.9 Å². The van der Waals surface area contributed by atoms with Gasteiger partial charge in [0.15, 0.2) is 0 Å². The molecule has 5 nitrogen and oxygen atoms in total. The van der Waals surface area contributed by atoms with Gasteiger partial charge in [0.25, 0.3) is 0 Å². The lowest BCUT2D eigenvalue weighted by Crippen LogP contribution is -2.38. The molecule has 3 aromatic rings. The van der Waals surface area contributed by atoms with Crippen LogP contribution < -0.4 is 0 Å². The molecule has 8 heteroatoms. The molecule has 1 aromatic heterocycles. The Morgan fingerprint density at radius 3 is 2.50 bits per heavy atom. The van der Waals surface area contributed by atoms with Crippen LogP contribution in [0.4, 0.5) is 4.39 Å². The Bertz CT molecular complexity index is 1040. The van der Waals surface area contributed by atoms with Crippen molar-refractivity contribution in [3.05, 3.63) is 59.1 Å². The number of benzene rings is 2. The van der Waals surface area contributed by atoms with Crippen molar-refractivity contribution in [3.63, 3.8) is 0 Å². The SMILES string of the molecule is O=S(=O)(c1ccc(F)cc1)N1CCC(c2nc3ccc(Cl)cc3[nH]2)CC1. The Kier molecular flexibility index (Phi) is 4.46. The van der Waals surface area contributed by atoms with Gasteiger partial charge in [-0.2, -0.15) is 4.31 Å². The maximum Gasteiger partial charge on any atom is 0.243 e. The van der Waals surface area contributed by atoms with E-state index in [9.17, 15) is 12.8 Å². The summed E-state index contributed by atoms with van der Waals surface area (Å²) in [5.74, 6) is 0.578. The molecule has 0 unspecified atom stereocenters. The second-order valence-corrected chi connectivity index (χ2v) is 8.79. The van der Waals surface area contributed by atoms with Crippen LogP contribution in [-0.4, -0.2) is 35.8 Å². The maximum absolute atomic E-state index is 13.0. The number of aromatic nitrogens is 2. The molecule has 0 radical (unpaired) electrons. The van der Waals surface area contributed by atoms with Gasteiger partial charge in [-0.25, -0.2) is 17.8 Å². The topological polar surface area (TPSA) is 66.1 Å². The highest BCUT2D eigenvalue weighted by atomic mass is 35.5. The molecule has 1 saturated heterocycles. The fourth-order valence-electron chi connectivity index (χ4n) is 3.32. The molecule has 136 valence electrons. The molecular formula is C18H17ClFN3O2S. The van der Waals surface area contributed by atoms with Gasteiger partial charge < -0.3 is 4.98 Å². The number of sulfonamides is 1. The Morgan fingerprint density at radius 2 is 1.81 bits per heavy atom. The Balaban J connectivity index is 1.50. The molecule has 26 heavy (non-hydrogen) atoms. The third-order valence-electron chi connectivity index (χ3n) is 4.75. The monoisotopic (exact) mass is 393 g/mol. The minimum atomic E-state index is -3.60. The van der Waals surface area contributed by atoms with Crippen LogP contribution in [0.1, 0.15) is 24.6 Å². The number of halogens is 2. The van der Waals surface area contributed by atoms with E-state index in [0.29, 0.717) is 31.0 Å². The second kappa shape index (κ2) is 6.64. The smallest absolute Gasteiger partial charge is 0.243 e. The molecule has 0 atom stereocenters. The molecule has 2 heterocycles. The number of rotatable bonds is 3. The molecule has 4 rings (SSSR count). The van der Waals surface area contributed by atoms with E-state index in [1.54, 1.807) is 6.07 Å². The number of fused-ring (bicyclic) bond motifs is 1. The van der Waals surface area contributed by atoms with E-state index in [-0.39, 0.29) is 10.8 Å². The number of nitrogens with one attached hydrogen (secondary N) is 1. The third-order valence-corrected chi connectivity index (χ3v) is 6.90. The van der Waals surface area contributed by atoms with Gasteiger partial charge in [0, 0.05) is 24.0 Å². The minimum absolute atomic E-state index is 0.121. The first kappa shape index (κ1) is 17.5. The molecule has 1 aliphatic heterocycles. The van der Waals surface area contributed by atoms with Gasteiger partial charge in [0.2, 0.25) is 10.0 Å². The van der Waals surface area contributed by atoms with E-state index in [1.165, 1.54) is 28.6 Å². The summed E-state index contributed by atoms with van der Waals surface area (Å²) >= 11 is 6.01. The van der Waals surface area contributed by atoms with Crippen LogP contribution in [0.25, 0.3) is 11.0 Å². The summed E-state index contributed by atoms with van der Waals surface area (Å²) < 4.78 is 39.9. The van der Waals surface area contributed by atoms with Crippen molar-refractivity contribution in [1.82, 2.24) is 14.3 Å². The van der Waals surface area contributed by atoms with Gasteiger partial charge in [-0.05, 0) is 55.3 Å². The number of imidazole rings is 1. The molecule has 1 aliphatic rings. The van der Waals surface area contributed by atoms with Crippen molar-refractivity contribution in [2.45, 2.75) is 23.7 Å². The maximum atomic E-state index is 13.0. The first-order valence-corrected chi connectivity index (χ1v) is 10.2. The van der Waals surface area contributed by atoms with E-state index in [4.69, 9.17) is 11.6 Å². The summed E-state index contributed by atoms with van der Waals surface area (Å²) in [6.07, 6.45) is 1.35. The van der Waals surface area contributed by atoms with E-state index in [2.05, 4.69) is 9.97 Å². The van der Waals surface area contributed by atoms with Crippen LogP contribution in [-0.2, 0) is 10.0 Å². The van der Waals surface area contributed by atoms with E-state index in [1.807, 2.05) is 12.1 Å². The summed E-state index contributed by atoms with van der Waals surface area (Å²) in [6.45, 7) is 0.810. The minimum Gasteiger partial charge on any atom is -0.342 e. The van der Waals surface area contributed by atoms with Crippen molar-refractivity contribution in [1.29, 1.82) is 0 Å². The lowest BCUT2D eigenvalue weighted by molar-refractivity contribution is 0.314. The van der Waals surface area contributed by atoms with Gasteiger partial charge in [-0.3, -0.25) is 0 Å². The van der Waals surface area contributed by atoms with Gasteiger partial charge in [-0.15, -0.1) is 0 Å². The van der Waals surface area contributed by atoms with Crippen LogP contribution >= 0.6 is 11.6 Å². The lowest BCUT2D eigenvalue weighted by Gasteiger charge is -2.30. The van der Waals surface area contributed by atoms with E-state index < -0.39 is 15.8 Å². The summed E-state index contributed by atoms with van der Waals surface area (Å²) in [7, 11) is -3.60. The summed E-state index contributed by atoms with van der Waals surface area (Å²) in [6, 6.07) is 10.4. The highest BCUT2D eigenvalue weighted by molar-refractivity contribution is 7.89. The van der Waals surface area contributed by atoms with Crippen LogP contribution in [0.15, 0.2) is 47.4 Å². The van der Waals surface area contributed by atoms with Crippen LogP contribution in [0.3, 0.4) is 0 Å². The largest absolute Gasteiger partial charge is 0.342 e. The molecule has 2 aromatic carbocycles. The normalized spacial score (nSPS) is 17.0. The number of aromatic amines is 1. The second-order valence-electron chi connectivity index (χ2n) is 6.42. The van der Waals surface area contributed by atoms with Crippen LogP contribution in [0.2, 0.25) is 5.02 Å². The van der Waals surface area contributed by atoms with Crippen LogP contribution in [0.5, 0.6) is 0 Å². The van der Waals surface area contributed by atoms with Gasteiger partial charge in [0.1, 0.15) is 11.6 Å². The third kappa shape index (κ3) is 3.22. The number of hydrogen-bond donors (Lipinski definition) is 1. The van der Waals surface area contributed by atoms with Crippen molar-refractivity contribution >= 4 is 32.7 Å². The average Bonchev–Trinajstić information content (AvgIpc) is 3.05. The molecule has 0 saturated carbocycles. The molecule has 0 spiro atoms. The highest BCUT2D eigenvalue weighted by Gasteiger charge is 2.31. The fourth-order valence-corrected chi connectivity index (χ4v) is 4.96. The van der Waals surface area contributed by atoms with Crippen molar-refractivity contribution in [2.75, 3.05) is 13.1 Å². The quantitative estimate of drug-likeness (QED) is 0.733. The molecule has 0 amide bonds. The number of nitrogens with zero attached hydrogens (tertiary/aromatic N) is 2. The summed E-state index contributed by atoms with van der Waals surface area (Å²) in [5, 5.41) is 0.646.